The number of halogens is 1. The van der Waals surface area contributed by atoms with Crippen LogP contribution < -0.4 is 0 Å². The summed E-state index contributed by atoms with van der Waals surface area (Å²) >= 11 is 5.82. The fraction of sp³-hybridized carbons (Fsp3) is 0.357. The summed E-state index contributed by atoms with van der Waals surface area (Å²) in [7, 11) is 0. The second-order valence-electron chi connectivity index (χ2n) is 3.53. The molecule has 1 heterocycles. The van der Waals surface area contributed by atoms with Gasteiger partial charge in [0, 0.05) is 11.2 Å². The number of rotatable bonds is 3. The summed E-state index contributed by atoms with van der Waals surface area (Å²) in [6.07, 6.45) is 5.02. The third kappa shape index (κ3) is 4.23. The van der Waals surface area contributed by atoms with Gasteiger partial charge in [-0.25, -0.2) is 0 Å². The lowest BCUT2D eigenvalue weighted by Gasteiger charge is -2.01. The molecule has 0 atom stereocenters. The highest BCUT2D eigenvalue weighted by molar-refractivity contribution is 6.30. The van der Waals surface area contributed by atoms with Gasteiger partial charge in [0.25, 0.3) is 0 Å². The Balaban J connectivity index is 0.000000686. The lowest BCUT2D eigenvalue weighted by molar-refractivity contribution is 0.686. The molecule has 17 heavy (non-hydrogen) atoms. The Labute approximate surface area is 108 Å². The lowest BCUT2D eigenvalue weighted by Crippen LogP contribution is -1.99. The molecule has 92 valence electrons. The topological polar surface area (TPSA) is 17.8 Å². The molecule has 2 nitrogen and oxygen atoms in total. The normalized spacial score (nSPS) is 9.65. The van der Waals surface area contributed by atoms with Crippen LogP contribution in [0.3, 0.4) is 0 Å². The highest BCUT2D eigenvalue weighted by atomic mass is 35.5. The minimum absolute atomic E-state index is 0.772. The van der Waals surface area contributed by atoms with Crippen molar-refractivity contribution in [2.24, 2.45) is 0 Å². The van der Waals surface area contributed by atoms with E-state index >= 15 is 0 Å². The van der Waals surface area contributed by atoms with Crippen molar-refractivity contribution >= 4 is 11.6 Å². The summed E-state index contributed by atoms with van der Waals surface area (Å²) in [5.41, 5.74) is 2.48. The number of aryl methyl sites for hydroxylation is 1. The Hall–Kier alpha value is -1.28. The summed E-state index contributed by atoms with van der Waals surface area (Å²) in [6.45, 7) is 6.93. The van der Waals surface area contributed by atoms with Gasteiger partial charge in [-0.05, 0) is 29.7 Å². The van der Waals surface area contributed by atoms with Crippen molar-refractivity contribution in [3.63, 3.8) is 0 Å². The number of benzene rings is 1. The molecule has 1 aromatic carbocycles. The SMILES string of the molecule is CC.CCc1cnn(Cc2ccc(Cl)cc2)c1. The van der Waals surface area contributed by atoms with Gasteiger partial charge >= 0.3 is 0 Å². The van der Waals surface area contributed by atoms with E-state index in [9.17, 15) is 0 Å². The first kappa shape index (κ1) is 13.8. The second kappa shape index (κ2) is 7.13. The van der Waals surface area contributed by atoms with Crippen LogP contribution in [0.2, 0.25) is 5.02 Å². The Morgan fingerprint density at radius 3 is 2.29 bits per heavy atom. The molecular weight excluding hydrogens is 232 g/mol. The first-order valence-corrected chi connectivity index (χ1v) is 6.41. The van der Waals surface area contributed by atoms with Gasteiger partial charge < -0.3 is 0 Å². The van der Waals surface area contributed by atoms with Gasteiger partial charge in [0.2, 0.25) is 0 Å². The molecule has 0 saturated carbocycles. The van der Waals surface area contributed by atoms with Crippen molar-refractivity contribution < 1.29 is 0 Å². The first-order chi connectivity index (χ1) is 8.28. The van der Waals surface area contributed by atoms with Crippen LogP contribution in [0.4, 0.5) is 0 Å². The Morgan fingerprint density at radius 1 is 1.12 bits per heavy atom. The smallest absolute Gasteiger partial charge is 0.0659 e. The molecule has 0 saturated heterocycles. The molecule has 0 unspecified atom stereocenters. The van der Waals surface area contributed by atoms with Crippen LogP contribution in [0.5, 0.6) is 0 Å². The van der Waals surface area contributed by atoms with Gasteiger partial charge in [-0.3, -0.25) is 4.68 Å². The molecule has 0 N–H and O–H groups in total. The first-order valence-electron chi connectivity index (χ1n) is 6.03. The zero-order valence-corrected chi connectivity index (χ0v) is 11.4. The zero-order valence-electron chi connectivity index (χ0n) is 10.7. The summed E-state index contributed by atoms with van der Waals surface area (Å²) < 4.78 is 1.95. The van der Waals surface area contributed by atoms with Crippen LogP contribution in [0, 0.1) is 0 Å². The predicted molar refractivity (Wildman–Crippen MR) is 73.5 cm³/mol. The summed E-state index contributed by atoms with van der Waals surface area (Å²) in [5, 5.41) is 5.06. The van der Waals surface area contributed by atoms with Crippen LogP contribution in [0.1, 0.15) is 31.9 Å². The maximum absolute atomic E-state index is 5.82. The Kier molecular flexibility index (Phi) is 5.78. The van der Waals surface area contributed by atoms with Gasteiger partial charge in [0.15, 0.2) is 0 Å². The van der Waals surface area contributed by atoms with Crippen molar-refractivity contribution in [2.75, 3.05) is 0 Å². The van der Waals surface area contributed by atoms with E-state index in [2.05, 4.69) is 18.2 Å². The van der Waals surface area contributed by atoms with Crippen molar-refractivity contribution in [3.05, 3.63) is 52.8 Å². The van der Waals surface area contributed by atoms with Crippen LogP contribution in [0.15, 0.2) is 36.7 Å². The van der Waals surface area contributed by atoms with Crippen LogP contribution in [-0.2, 0) is 13.0 Å². The predicted octanol–water partition coefficient (Wildman–Crippen LogP) is 4.17. The number of hydrogen-bond acceptors (Lipinski definition) is 1. The number of aromatic nitrogens is 2. The van der Waals surface area contributed by atoms with Crippen LogP contribution >= 0.6 is 11.6 Å². The molecule has 0 amide bonds. The Bertz CT molecular complexity index is 432. The van der Waals surface area contributed by atoms with Crippen molar-refractivity contribution in [2.45, 2.75) is 33.7 Å². The molecule has 0 bridgehead atoms. The fourth-order valence-corrected chi connectivity index (χ4v) is 1.58. The Morgan fingerprint density at radius 2 is 1.76 bits per heavy atom. The number of hydrogen-bond donors (Lipinski definition) is 0. The van der Waals surface area contributed by atoms with Gasteiger partial charge in [0.05, 0.1) is 12.7 Å². The highest BCUT2D eigenvalue weighted by Gasteiger charge is 1.98. The third-order valence-corrected chi connectivity index (χ3v) is 2.60. The van der Waals surface area contributed by atoms with E-state index in [0.717, 1.165) is 18.0 Å². The molecule has 2 rings (SSSR count). The third-order valence-electron chi connectivity index (χ3n) is 2.35. The van der Waals surface area contributed by atoms with Gasteiger partial charge in [-0.15, -0.1) is 0 Å². The molecule has 0 aliphatic heterocycles. The average molecular weight is 251 g/mol. The van der Waals surface area contributed by atoms with E-state index in [1.165, 1.54) is 11.1 Å². The largest absolute Gasteiger partial charge is 0.268 e. The molecule has 1 aromatic heterocycles. The minimum Gasteiger partial charge on any atom is -0.268 e. The van der Waals surface area contributed by atoms with Crippen molar-refractivity contribution in [1.29, 1.82) is 0 Å². The van der Waals surface area contributed by atoms with E-state index in [1.807, 2.05) is 49.0 Å². The standard InChI is InChI=1S/C12H13ClN2.C2H6/c1-2-10-7-14-15(8-10)9-11-3-5-12(13)6-4-11;1-2/h3-8H,2,9H2,1H3;1-2H3. The maximum atomic E-state index is 5.82. The van der Waals surface area contributed by atoms with E-state index in [0.29, 0.717) is 0 Å². The fourth-order valence-electron chi connectivity index (χ4n) is 1.45. The monoisotopic (exact) mass is 250 g/mol. The van der Waals surface area contributed by atoms with Crippen LogP contribution in [0.25, 0.3) is 0 Å². The van der Waals surface area contributed by atoms with Gasteiger partial charge in [-0.2, -0.15) is 5.10 Å². The van der Waals surface area contributed by atoms with Crippen LogP contribution in [-0.4, -0.2) is 9.78 Å². The lowest BCUT2D eigenvalue weighted by atomic mass is 10.2. The second-order valence-corrected chi connectivity index (χ2v) is 3.96. The molecule has 0 radical (unpaired) electrons. The summed E-state index contributed by atoms with van der Waals surface area (Å²) in [5.74, 6) is 0. The molecule has 0 fully saturated rings. The molecule has 0 aliphatic rings. The quantitative estimate of drug-likeness (QED) is 0.799. The average Bonchev–Trinajstić information content (AvgIpc) is 2.82. The maximum Gasteiger partial charge on any atom is 0.0659 e. The molecule has 3 heteroatoms. The summed E-state index contributed by atoms with van der Waals surface area (Å²) in [6, 6.07) is 7.85. The highest BCUT2D eigenvalue weighted by Crippen LogP contribution is 2.10. The van der Waals surface area contributed by atoms with Crippen molar-refractivity contribution in [3.8, 4) is 0 Å². The molecule has 2 aromatic rings. The molecular formula is C14H19ClN2. The van der Waals surface area contributed by atoms with Crippen molar-refractivity contribution in [1.82, 2.24) is 9.78 Å². The van der Waals surface area contributed by atoms with E-state index in [1.54, 1.807) is 0 Å². The van der Waals surface area contributed by atoms with E-state index in [-0.39, 0.29) is 0 Å². The zero-order chi connectivity index (χ0) is 12.7. The van der Waals surface area contributed by atoms with Gasteiger partial charge in [-0.1, -0.05) is 44.5 Å². The van der Waals surface area contributed by atoms with E-state index < -0.39 is 0 Å². The summed E-state index contributed by atoms with van der Waals surface area (Å²) in [4.78, 5) is 0. The molecule has 0 aliphatic carbocycles. The number of nitrogens with zero attached hydrogens (tertiary/aromatic N) is 2. The molecule has 0 spiro atoms. The van der Waals surface area contributed by atoms with E-state index in [4.69, 9.17) is 11.6 Å². The minimum atomic E-state index is 0.772. The van der Waals surface area contributed by atoms with Gasteiger partial charge in [0.1, 0.15) is 0 Å².